The maximum Gasteiger partial charge on any atom is 0.0773 e. The first-order valence-electron chi connectivity index (χ1n) is 3.86. The van der Waals surface area contributed by atoms with Crippen molar-refractivity contribution in [2.75, 3.05) is 6.26 Å². The van der Waals surface area contributed by atoms with Gasteiger partial charge >= 0.3 is 0 Å². The highest BCUT2D eigenvalue weighted by atomic mass is 32.2. The monoisotopic (exact) mass is 190 g/mol. The first kappa shape index (κ1) is 9.82. The van der Waals surface area contributed by atoms with Crippen molar-refractivity contribution in [1.29, 1.82) is 10.7 Å². The molecule has 0 aliphatic heterocycles. The van der Waals surface area contributed by atoms with Crippen molar-refractivity contribution in [3.8, 4) is 6.07 Å². The Balaban J connectivity index is 2.81. The topological polar surface area (TPSA) is 47.6 Å². The van der Waals surface area contributed by atoms with Crippen LogP contribution in [0, 0.1) is 16.7 Å². The van der Waals surface area contributed by atoms with E-state index >= 15 is 0 Å². The molecule has 0 bridgehead atoms. The minimum absolute atomic E-state index is 0.179. The van der Waals surface area contributed by atoms with Crippen LogP contribution >= 0.6 is 11.8 Å². The van der Waals surface area contributed by atoms with Gasteiger partial charge in [0.05, 0.1) is 18.2 Å². The minimum atomic E-state index is 0.179. The standard InChI is InChI=1S/C10H10N2S/c1-13-9-4-2-8(3-5-9)10(12)6-7-11/h2-5,12H,6H2,1H3. The molecule has 0 aromatic heterocycles. The summed E-state index contributed by atoms with van der Waals surface area (Å²) in [4.78, 5) is 1.17. The third-order valence-corrected chi connectivity index (χ3v) is 2.44. The molecule has 1 aromatic carbocycles. The van der Waals surface area contributed by atoms with E-state index in [0.717, 1.165) is 5.56 Å². The lowest BCUT2D eigenvalue weighted by Gasteiger charge is -2.00. The van der Waals surface area contributed by atoms with Crippen molar-refractivity contribution in [1.82, 2.24) is 0 Å². The van der Waals surface area contributed by atoms with E-state index < -0.39 is 0 Å². The van der Waals surface area contributed by atoms with E-state index in [1.54, 1.807) is 11.8 Å². The van der Waals surface area contributed by atoms with Crippen molar-refractivity contribution >= 4 is 17.5 Å². The Hall–Kier alpha value is -1.27. The van der Waals surface area contributed by atoms with Gasteiger partial charge in [-0.3, -0.25) is 0 Å². The summed E-state index contributed by atoms with van der Waals surface area (Å²) >= 11 is 1.67. The number of nitriles is 1. The minimum Gasteiger partial charge on any atom is -0.304 e. The fourth-order valence-corrected chi connectivity index (χ4v) is 1.38. The van der Waals surface area contributed by atoms with Crippen LogP contribution in [-0.4, -0.2) is 12.0 Å². The zero-order chi connectivity index (χ0) is 9.68. The van der Waals surface area contributed by atoms with Gasteiger partial charge in [-0.25, -0.2) is 0 Å². The lowest BCUT2D eigenvalue weighted by molar-refractivity contribution is 1.32. The Bertz CT molecular complexity index is 335. The summed E-state index contributed by atoms with van der Waals surface area (Å²) in [5, 5.41) is 15.9. The molecule has 13 heavy (non-hydrogen) atoms. The van der Waals surface area contributed by atoms with Crippen LogP contribution in [0.4, 0.5) is 0 Å². The molecule has 1 N–H and O–H groups in total. The molecular weight excluding hydrogens is 180 g/mol. The molecule has 3 heteroatoms. The lowest BCUT2D eigenvalue weighted by Crippen LogP contribution is -1.96. The van der Waals surface area contributed by atoms with Gasteiger partial charge in [0.1, 0.15) is 0 Å². The Morgan fingerprint density at radius 2 is 2.08 bits per heavy atom. The van der Waals surface area contributed by atoms with E-state index in [4.69, 9.17) is 10.7 Å². The van der Waals surface area contributed by atoms with Crippen molar-refractivity contribution < 1.29 is 0 Å². The predicted octanol–water partition coefficient (Wildman–Crippen LogP) is 2.69. The van der Waals surface area contributed by atoms with Gasteiger partial charge in [-0.2, -0.15) is 5.26 Å². The summed E-state index contributed by atoms with van der Waals surface area (Å²) in [7, 11) is 0. The van der Waals surface area contributed by atoms with Crippen LogP contribution in [-0.2, 0) is 0 Å². The number of nitrogens with zero attached hydrogens (tertiary/aromatic N) is 1. The molecule has 1 rings (SSSR count). The number of thioether (sulfide) groups is 1. The molecule has 0 aliphatic rings. The molecule has 0 spiro atoms. The molecule has 1 aromatic rings. The Kier molecular flexibility index (Phi) is 3.53. The molecule has 0 saturated carbocycles. The zero-order valence-electron chi connectivity index (χ0n) is 7.37. The van der Waals surface area contributed by atoms with Gasteiger partial charge in [-0.15, -0.1) is 11.8 Å². The van der Waals surface area contributed by atoms with Gasteiger partial charge in [-0.1, -0.05) is 12.1 Å². The lowest BCUT2D eigenvalue weighted by atomic mass is 10.1. The normalized spacial score (nSPS) is 9.23. The number of hydrogen-bond donors (Lipinski definition) is 1. The van der Waals surface area contributed by atoms with E-state index in [0.29, 0.717) is 5.71 Å². The predicted molar refractivity (Wildman–Crippen MR) is 55.3 cm³/mol. The highest BCUT2D eigenvalue weighted by Crippen LogP contribution is 2.15. The molecule has 0 atom stereocenters. The Morgan fingerprint density at radius 3 is 2.54 bits per heavy atom. The molecule has 0 radical (unpaired) electrons. The van der Waals surface area contributed by atoms with Crippen LogP contribution in [0.25, 0.3) is 0 Å². The van der Waals surface area contributed by atoms with Crippen LogP contribution < -0.4 is 0 Å². The van der Waals surface area contributed by atoms with Gasteiger partial charge in [0.15, 0.2) is 0 Å². The van der Waals surface area contributed by atoms with Crippen LogP contribution in [0.5, 0.6) is 0 Å². The van der Waals surface area contributed by atoms with Crippen molar-refractivity contribution in [2.45, 2.75) is 11.3 Å². The zero-order valence-corrected chi connectivity index (χ0v) is 8.19. The molecule has 0 fully saturated rings. The van der Waals surface area contributed by atoms with E-state index in [1.165, 1.54) is 4.90 Å². The summed E-state index contributed by atoms with van der Waals surface area (Å²) in [6.07, 6.45) is 2.19. The Labute approximate surface area is 82.1 Å². The highest BCUT2D eigenvalue weighted by molar-refractivity contribution is 7.98. The maximum absolute atomic E-state index is 8.40. The van der Waals surface area contributed by atoms with Gasteiger partial charge in [0.25, 0.3) is 0 Å². The van der Waals surface area contributed by atoms with Crippen molar-refractivity contribution in [2.24, 2.45) is 0 Å². The third kappa shape index (κ3) is 2.60. The maximum atomic E-state index is 8.40. The summed E-state index contributed by atoms with van der Waals surface area (Å²) in [5.74, 6) is 0. The number of rotatable bonds is 3. The van der Waals surface area contributed by atoms with E-state index in [9.17, 15) is 0 Å². The first-order valence-corrected chi connectivity index (χ1v) is 5.09. The summed E-state index contributed by atoms with van der Waals surface area (Å²) < 4.78 is 0. The summed E-state index contributed by atoms with van der Waals surface area (Å²) in [6, 6.07) is 9.65. The second kappa shape index (κ2) is 4.68. The SMILES string of the molecule is CSc1ccc(C(=N)CC#N)cc1. The van der Waals surface area contributed by atoms with Gasteiger partial charge in [0.2, 0.25) is 0 Å². The second-order valence-corrected chi connectivity index (χ2v) is 3.42. The van der Waals surface area contributed by atoms with E-state index in [1.807, 2.05) is 36.6 Å². The van der Waals surface area contributed by atoms with Crippen LogP contribution in [0.1, 0.15) is 12.0 Å². The average molecular weight is 190 g/mol. The van der Waals surface area contributed by atoms with Gasteiger partial charge in [-0.05, 0) is 24.0 Å². The Morgan fingerprint density at radius 1 is 1.46 bits per heavy atom. The molecule has 66 valence electrons. The molecule has 0 saturated heterocycles. The van der Waals surface area contributed by atoms with Crippen LogP contribution in [0.3, 0.4) is 0 Å². The first-order chi connectivity index (χ1) is 6.27. The number of benzene rings is 1. The quantitative estimate of drug-likeness (QED) is 0.588. The molecular formula is C10H10N2S. The second-order valence-electron chi connectivity index (χ2n) is 2.54. The fraction of sp³-hybridized carbons (Fsp3) is 0.200. The molecule has 0 aliphatic carbocycles. The van der Waals surface area contributed by atoms with E-state index in [-0.39, 0.29) is 6.42 Å². The van der Waals surface area contributed by atoms with Crippen molar-refractivity contribution in [3.05, 3.63) is 29.8 Å². The smallest absolute Gasteiger partial charge is 0.0773 e. The van der Waals surface area contributed by atoms with Crippen LogP contribution in [0.15, 0.2) is 29.2 Å². The van der Waals surface area contributed by atoms with Gasteiger partial charge < -0.3 is 5.41 Å². The fourth-order valence-electron chi connectivity index (χ4n) is 0.973. The highest BCUT2D eigenvalue weighted by Gasteiger charge is 1.99. The molecule has 0 amide bonds. The number of hydrogen-bond acceptors (Lipinski definition) is 3. The molecule has 2 nitrogen and oxygen atoms in total. The largest absolute Gasteiger partial charge is 0.304 e. The molecule has 0 unspecified atom stereocenters. The summed E-state index contributed by atoms with van der Waals surface area (Å²) in [6.45, 7) is 0. The number of nitrogens with one attached hydrogen (secondary N) is 1. The van der Waals surface area contributed by atoms with Gasteiger partial charge in [0, 0.05) is 4.90 Å². The van der Waals surface area contributed by atoms with Crippen LogP contribution in [0.2, 0.25) is 0 Å². The summed E-state index contributed by atoms with van der Waals surface area (Å²) in [5.41, 5.74) is 1.22. The van der Waals surface area contributed by atoms with Crippen molar-refractivity contribution in [3.63, 3.8) is 0 Å². The average Bonchev–Trinajstić information content (AvgIpc) is 2.18. The molecule has 0 heterocycles. The van der Waals surface area contributed by atoms with E-state index in [2.05, 4.69) is 0 Å². The third-order valence-electron chi connectivity index (χ3n) is 1.69.